The Morgan fingerprint density at radius 3 is 3.07 bits per heavy atom. The van der Waals surface area contributed by atoms with E-state index in [0.717, 1.165) is 19.4 Å². The third kappa shape index (κ3) is 4.59. The number of likely N-dealkylation sites (N-methyl/N-ethyl adjacent to an activating group) is 1. The van der Waals surface area contributed by atoms with Crippen LogP contribution in [0.2, 0.25) is 0 Å². The van der Waals surface area contributed by atoms with Gasteiger partial charge in [-0.05, 0) is 12.8 Å². The molecule has 1 atom stereocenters. The Balaban J connectivity index is 2.14. The Labute approximate surface area is 90.5 Å². The van der Waals surface area contributed by atoms with Gasteiger partial charge in [-0.15, -0.1) is 0 Å². The summed E-state index contributed by atoms with van der Waals surface area (Å²) in [5, 5.41) is 0. The van der Waals surface area contributed by atoms with Gasteiger partial charge in [0.05, 0.1) is 12.7 Å². The minimum atomic E-state index is -0.0149. The van der Waals surface area contributed by atoms with Gasteiger partial charge in [-0.2, -0.15) is 0 Å². The molecular weight excluding hydrogens is 196 g/mol. The van der Waals surface area contributed by atoms with Crippen molar-refractivity contribution in [3.8, 4) is 0 Å². The smallest absolute Gasteiger partial charge is 0.248 e. The van der Waals surface area contributed by atoms with Gasteiger partial charge in [0.15, 0.2) is 0 Å². The Kier molecular flexibility index (Phi) is 5.60. The summed E-state index contributed by atoms with van der Waals surface area (Å²) in [6.45, 7) is 2.46. The first-order valence-electron chi connectivity index (χ1n) is 5.37. The Hall–Kier alpha value is -0.650. The topological polar surface area (TPSA) is 64.8 Å². The van der Waals surface area contributed by atoms with Crippen LogP contribution in [0.4, 0.5) is 0 Å². The van der Waals surface area contributed by atoms with Crippen molar-refractivity contribution in [2.24, 2.45) is 5.73 Å². The van der Waals surface area contributed by atoms with Gasteiger partial charge >= 0.3 is 0 Å². The molecular formula is C10H20N2O3. The highest BCUT2D eigenvalue weighted by molar-refractivity contribution is 5.77. The highest BCUT2D eigenvalue weighted by atomic mass is 16.5. The number of hydrogen-bond acceptors (Lipinski definition) is 4. The van der Waals surface area contributed by atoms with Gasteiger partial charge in [0.25, 0.3) is 0 Å². The van der Waals surface area contributed by atoms with Gasteiger partial charge in [-0.3, -0.25) is 4.79 Å². The predicted molar refractivity (Wildman–Crippen MR) is 56.5 cm³/mol. The van der Waals surface area contributed by atoms with Crippen molar-refractivity contribution in [3.05, 3.63) is 0 Å². The van der Waals surface area contributed by atoms with Crippen LogP contribution in [0.3, 0.4) is 0 Å². The summed E-state index contributed by atoms with van der Waals surface area (Å²) in [6, 6.07) is 0. The average Bonchev–Trinajstić information content (AvgIpc) is 2.70. The second-order valence-electron chi connectivity index (χ2n) is 3.75. The van der Waals surface area contributed by atoms with E-state index in [0.29, 0.717) is 19.7 Å². The van der Waals surface area contributed by atoms with Gasteiger partial charge in [-0.1, -0.05) is 0 Å². The van der Waals surface area contributed by atoms with E-state index in [2.05, 4.69) is 0 Å². The van der Waals surface area contributed by atoms with E-state index in [-0.39, 0.29) is 18.6 Å². The first-order valence-corrected chi connectivity index (χ1v) is 5.37. The molecule has 0 aromatic heterocycles. The molecule has 5 heteroatoms. The quantitative estimate of drug-likeness (QED) is 0.614. The maximum atomic E-state index is 11.5. The second-order valence-corrected chi connectivity index (χ2v) is 3.75. The monoisotopic (exact) mass is 216 g/mol. The molecule has 2 N–H and O–H groups in total. The number of hydrogen-bond donors (Lipinski definition) is 1. The number of amides is 1. The fraction of sp³-hybridized carbons (Fsp3) is 0.900. The first-order chi connectivity index (χ1) is 7.24. The van der Waals surface area contributed by atoms with Gasteiger partial charge in [0, 0.05) is 26.7 Å². The maximum absolute atomic E-state index is 11.5. The van der Waals surface area contributed by atoms with Crippen molar-refractivity contribution in [2.45, 2.75) is 18.9 Å². The fourth-order valence-corrected chi connectivity index (χ4v) is 1.55. The van der Waals surface area contributed by atoms with Gasteiger partial charge in [0.2, 0.25) is 5.91 Å². The standard InChI is InChI=1S/C10H20N2O3/c1-12(7-9-3-2-5-15-9)10(13)8-14-6-4-11/h9H,2-8,11H2,1H3. The van der Waals surface area contributed by atoms with Crippen LogP contribution in [0.5, 0.6) is 0 Å². The lowest BCUT2D eigenvalue weighted by Crippen LogP contribution is -2.36. The highest BCUT2D eigenvalue weighted by Gasteiger charge is 2.19. The summed E-state index contributed by atoms with van der Waals surface area (Å²) < 4.78 is 10.5. The number of nitrogens with zero attached hydrogens (tertiary/aromatic N) is 1. The van der Waals surface area contributed by atoms with Crippen molar-refractivity contribution in [3.63, 3.8) is 0 Å². The molecule has 5 nitrogen and oxygen atoms in total. The van der Waals surface area contributed by atoms with E-state index in [1.165, 1.54) is 0 Å². The zero-order valence-corrected chi connectivity index (χ0v) is 9.28. The minimum Gasteiger partial charge on any atom is -0.376 e. The van der Waals surface area contributed by atoms with Crippen molar-refractivity contribution < 1.29 is 14.3 Å². The summed E-state index contributed by atoms with van der Waals surface area (Å²) >= 11 is 0. The second kappa shape index (κ2) is 6.76. The molecule has 0 aromatic carbocycles. The molecule has 88 valence electrons. The molecule has 1 rings (SSSR count). The highest BCUT2D eigenvalue weighted by Crippen LogP contribution is 2.12. The predicted octanol–water partition coefficient (Wildman–Crippen LogP) is -0.401. The molecule has 0 spiro atoms. The zero-order valence-electron chi connectivity index (χ0n) is 9.28. The van der Waals surface area contributed by atoms with Crippen molar-refractivity contribution in [1.29, 1.82) is 0 Å². The molecule has 0 saturated carbocycles. The Morgan fingerprint density at radius 2 is 2.47 bits per heavy atom. The largest absolute Gasteiger partial charge is 0.376 e. The van der Waals surface area contributed by atoms with E-state index in [9.17, 15) is 4.79 Å². The molecule has 1 saturated heterocycles. The zero-order chi connectivity index (χ0) is 11.1. The summed E-state index contributed by atoms with van der Waals surface area (Å²) in [5.41, 5.74) is 5.25. The number of rotatable bonds is 6. The molecule has 1 aliphatic rings. The van der Waals surface area contributed by atoms with Gasteiger partial charge in [-0.25, -0.2) is 0 Å². The third-order valence-corrected chi connectivity index (χ3v) is 2.41. The number of carbonyl (C=O) groups is 1. The van der Waals surface area contributed by atoms with Gasteiger partial charge in [0.1, 0.15) is 6.61 Å². The number of carbonyl (C=O) groups excluding carboxylic acids is 1. The Bertz CT molecular complexity index is 193. The normalized spacial score (nSPS) is 20.5. The summed E-state index contributed by atoms with van der Waals surface area (Å²) in [7, 11) is 1.77. The van der Waals surface area contributed by atoms with E-state index < -0.39 is 0 Å². The minimum absolute atomic E-state index is 0.0149. The molecule has 0 bridgehead atoms. The fourth-order valence-electron chi connectivity index (χ4n) is 1.55. The van der Waals surface area contributed by atoms with E-state index in [4.69, 9.17) is 15.2 Å². The molecule has 1 amide bonds. The van der Waals surface area contributed by atoms with Crippen LogP contribution in [-0.2, 0) is 14.3 Å². The van der Waals surface area contributed by atoms with Crippen LogP contribution < -0.4 is 5.73 Å². The molecule has 1 heterocycles. The summed E-state index contributed by atoms with van der Waals surface area (Å²) in [6.07, 6.45) is 2.34. The lowest BCUT2D eigenvalue weighted by Gasteiger charge is -2.20. The summed E-state index contributed by atoms with van der Waals surface area (Å²) in [5.74, 6) is -0.0149. The van der Waals surface area contributed by atoms with E-state index in [1.54, 1.807) is 11.9 Å². The first kappa shape index (κ1) is 12.4. The Morgan fingerprint density at radius 1 is 1.67 bits per heavy atom. The molecule has 1 unspecified atom stereocenters. The molecule has 1 aliphatic heterocycles. The van der Waals surface area contributed by atoms with Crippen LogP contribution in [0.15, 0.2) is 0 Å². The molecule has 0 aliphatic carbocycles. The SMILES string of the molecule is CN(CC1CCCO1)C(=O)COCCN. The number of ether oxygens (including phenoxy) is 2. The van der Waals surface area contributed by atoms with Crippen LogP contribution >= 0.6 is 0 Å². The van der Waals surface area contributed by atoms with E-state index >= 15 is 0 Å². The number of nitrogens with two attached hydrogens (primary N) is 1. The van der Waals surface area contributed by atoms with Crippen molar-refractivity contribution >= 4 is 5.91 Å². The molecule has 1 fully saturated rings. The molecule has 0 radical (unpaired) electrons. The third-order valence-electron chi connectivity index (χ3n) is 2.41. The van der Waals surface area contributed by atoms with Gasteiger partial charge < -0.3 is 20.1 Å². The maximum Gasteiger partial charge on any atom is 0.248 e. The summed E-state index contributed by atoms with van der Waals surface area (Å²) in [4.78, 5) is 13.2. The van der Waals surface area contributed by atoms with Crippen LogP contribution in [0.1, 0.15) is 12.8 Å². The molecule has 0 aromatic rings. The average molecular weight is 216 g/mol. The molecule has 15 heavy (non-hydrogen) atoms. The van der Waals surface area contributed by atoms with Crippen molar-refractivity contribution in [1.82, 2.24) is 4.90 Å². The van der Waals surface area contributed by atoms with Crippen LogP contribution in [0.25, 0.3) is 0 Å². The lowest BCUT2D eigenvalue weighted by atomic mass is 10.2. The van der Waals surface area contributed by atoms with Crippen LogP contribution in [0, 0.1) is 0 Å². The lowest BCUT2D eigenvalue weighted by molar-refractivity contribution is -0.136. The van der Waals surface area contributed by atoms with E-state index in [1.807, 2.05) is 0 Å². The van der Waals surface area contributed by atoms with Crippen LogP contribution in [-0.4, -0.2) is 56.9 Å². The van der Waals surface area contributed by atoms with Crippen molar-refractivity contribution in [2.75, 3.05) is 40.0 Å².